The summed E-state index contributed by atoms with van der Waals surface area (Å²) in [4.78, 5) is 12.4. The van der Waals surface area contributed by atoms with E-state index in [1.165, 1.54) is 5.56 Å². The predicted molar refractivity (Wildman–Crippen MR) is 107 cm³/mol. The number of rotatable bonds is 5. The molecule has 0 radical (unpaired) electrons. The smallest absolute Gasteiger partial charge is 0.287 e. The van der Waals surface area contributed by atoms with Gasteiger partial charge in [0.25, 0.3) is 5.91 Å². The minimum absolute atomic E-state index is 0.236. The lowest BCUT2D eigenvalue weighted by Crippen LogP contribution is -2.27. The molecular weight excluding hydrogens is 338 g/mol. The van der Waals surface area contributed by atoms with Gasteiger partial charge in [0.05, 0.1) is 6.54 Å². The molecule has 27 heavy (non-hydrogen) atoms. The van der Waals surface area contributed by atoms with Crippen LogP contribution in [0.2, 0.25) is 0 Å². The molecule has 0 aliphatic heterocycles. The van der Waals surface area contributed by atoms with Gasteiger partial charge in [-0.1, -0.05) is 42.5 Å². The molecule has 0 aliphatic rings. The highest BCUT2D eigenvalue weighted by Gasteiger charge is 2.13. The van der Waals surface area contributed by atoms with Gasteiger partial charge in [0.1, 0.15) is 17.9 Å². The summed E-state index contributed by atoms with van der Waals surface area (Å²) in [6.45, 7) is 4.89. The SMILES string of the molecule is Cc1cccc(OCCNC(=O)c2cc3c(ccc4ccccc43)o2)c1C. The number of nitrogens with one attached hydrogen (secondary N) is 1. The molecule has 0 unspecified atom stereocenters. The van der Waals surface area contributed by atoms with Gasteiger partial charge >= 0.3 is 0 Å². The summed E-state index contributed by atoms with van der Waals surface area (Å²) in [6, 6.07) is 19.7. The highest BCUT2D eigenvalue weighted by Crippen LogP contribution is 2.28. The van der Waals surface area contributed by atoms with Crippen molar-refractivity contribution in [1.29, 1.82) is 0 Å². The van der Waals surface area contributed by atoms with Crippen LogP contribution in [-0.2, 0) is 0 Å². The van der Waals surface area contributed by atoms with Crippen molar-refractivity contribution in [3.8, 4) is 5.75 Å². The van der Waals surface area contributed by atoms with Crippen LogP contribution >= 0.6 is 0 Å². The Hall–Kier alpha value is -3.27. The third-order valence-corrected chi connectivity index (χ3v) is 4.85. The molecule has 136 valence electrons. The zero-order valence-corrected chi connectivity index (χ0v) is 15.4. The maximum Gasteiger partial charge on any atom is 0.287 e. The van der Waals surface area contributed by atoms with Crippen molar-refractivity contribution < 1.29 is 13.9 Å². The molecule has 0 atom stereocenters. The second-order valence-corrected chi connectivity index (χ2v) is 6.61. The largest absolute Gasteiger partial charge is 0.491 e. The summed E-state index contributed by atoms with van der Waals surface area (Å²) in [5, 5.41) is 6.01. The van der Waals surface area contributed by atoms with Crippen molar-refractivity contribution in [1.82, 2.24) is 5.32 Å². The molecule has 4 nitrogen and oxygen atoms in total. The first-order valence-corrected chi connectivity index (χ1v) is 9.02. The Bertz CT molecular complexity index is 1130. The number of carbonyl (C=O) groups excluding carboxylic acids is 1. The monoisotopic (exact) mass is 359 g/mol. The van der Waals surface area contributed by atoms with E-state index in [-0.39, 0.29) is 5.91 Å². The number of ether oxygens (including phenoxy) is 1. The maximum atomic E-state index is 12.4. The number of fused-ring (bicyclic) bond motifs is 3. The Morgan fingerprint density at radius 3 is 2.74 bits per heavy atom. The van der Waals surface area contributed by atoms with Gasteiger partial charge in [0.15, 0.2) is 5.76 Å². The van der Waals surface area contributed by atoms with Gasteiger partial charge < -0.3 is 14.5 Å². The van der Waals surface area contributed by atoms with Gasteiger partial charge in [-0.05, 0) is 53.9 Å². The van der Waals surface area contributed by atoms with E-state index in [4.69, 9.17) is 9.15 Å². The molecule has 4 aromatic rings. The average molecular weight is 359 g/mol. The van der Waals surface area contributed by atoms with Crippen LogP contribution in [-0.4, -0.2) is 19.1 Å². The standard InChI is InChI=1S/C23H21NO3/c1-15-6-5-9-20(16(15)2)26-13-12-24-23(25)22-14-19-18-8-4-3-7-17(18)10-11-21(19)27-22/h3-11,14H,12-13H2,1-2H3,(H,24,25). The molecule has 0 aliphatic carbocycles. The fraction of sp³-hybridized carbons (Fsp3) is 0.174. The zero-order chi connectivity index (χ0) is 18.8. The number of furan rings is 1. The lowest BCUT2D eigenvalue weighted by atomic mass is 10.1. The minimum atomic E-state index is -0.236. The topological polar surface area (TPSA) is 51.5 Å². The highest BCUT2D eigenvalue weighted by atomic mass is 16.5. The molecule has 1 amide bonds. The van der Waals surface area contributed by atoms with Crippen LogP contribution in [0.3, 0.4) is 0 Å². The van der Waals surface area contributed by atoms with Crippen molar-refractivity contribution in [3.63, 3.8) is 0 Å². The molecule has 4 heteroatoms. The molecular formula is C23H21NO3. The molecule has 4 rings (SSSR count). The fourth-order valence-corrected chi connectivity index (χ4v) is 3.20. The molecule has 0 saturated heterocycles. The van der Waals surface area contributed by atoms with Crippen molar-refractivity contribution in [2.24, 2.45) is 0 Å². The summed E-state index contributed by atoms with van der Waals surface area (Å²) in [5.74, 6) is 0.924. The van der Waals surface area contributed by atoms with E-state index >= 15 is 0 Å². The molecule has 0 saturated carbocycles. The Morgan fingerprint density at radius 1 is 1.00 bits per heavy atom. The summed E-state index contributed by atoms with van der Waals surface area (Å²) >= 11 is 0. The van der Waals surface area contributed by atoms with Gasteiger partial charge in [0, 0.05) is 5.39 Å². The highest BCUT2D eigenvalue weighted by molar-refractivity contribution is 6.08. The second kappa shape index (κ2) is 7.16. The van der Waals surface area contributed by atoms with Crippen LogP contribution in [0.25, 0.3) is 21.7 Å². The van der Waals surface area contributed by atoms with Crippen LogP contribution < -0.4 is 10.1 Å². The van der Waals surface area contributed by atoms with Crippen LogP contribution in [0.4, 0.5) is 0 Å². The molecule has 1 N–H and O–H groups in total. The van der Waals surface area contributed by atoms with Crippen LogP contribution in [0.1, 0.15) is 21.7 Å². The van der Waals surface area contributed by atoms with Gasteiger partial charge in [-0.2, -0.15) is 0 Å². The summed E-state index contributed by atoms with van der Waals surface area (Å²) < 4.78 is 11.5. The molecule has 0 spiro atoms. The van der Waals surface area contributed by atoms with E-state index in [1.807, 2.05) is 55.5 Å². The molecule has 1 heterocycles. The lowest BCUT2D eigenvalue weighted by molar-refractivity contribution is 0.0921. The second-order valence-electron chi connectivity index (χ2n) is 6.61. The van der Waals surface area contributed by atoms with E-state index < -0.39 is 0 Å². The quantitative estimate of drug-likeness (QED) is 0.510. The average Bonchev–Trinajstić information content (AvgIpc) is 3.13. The fourth-order valence-electron chi connectivity index (χ4n) is 3.20. The molecule has 3 aromatic carbocycles. The Labute approximate surface area is 157 Å². The van der Waals surface area contributed by atoms with E-state index in [2.05, 4.69) is 18.3 Å². The minimum Gasteiger partial charge on any atom is -0.491 e. The van der Waals surface area contributed by atoms with Crippen LogP contribution in [0, 0.1) is 13.8 Å². The van der Waals surface area contributed by atoms with Crippen LogP contribution in [0.5, 0.6) is 5.75 Å². The predicted octanol–water partition coefficient (Wildman–Crippen LogP) is 5.01. The van der Waals surface area contributed by atoms with Gasteiger partial charge in [-0.15, -0.1) is 0 Å². The van der Waals surface area contributed by atoms with Crippen molar-refractivity contribution in [2.75, 3.05) is 13.2 Å². The Kier molecular flexibility index (Phi) is 4.55. The Morgan fingerprint density at radius 2 is 1.85 bits per heavy atom. The van der Waals surface area contributed by atoms with Gasteiger partial charge in [-0.25, -0.2) is 0 Å². The van der Waals surface area contributed by atoms with E-state index in [0.717, 1.165) is 27.5 Å². The first kappa shape index (κ1) is 17.2. The lowest BCUT2D eigenvalue weighted by Gasteiger charge is -2.11. The number of aryl methyl sites for hydroxylation is 1. The van der Waals surface area contributed by atoms with Crippen molar-refractivity contribution >= 4 is 27.6 Å². The first-order valence-electron chi connectivity index (χ1n) is 9.02. The van der Waals surface area contributed by atoms with E-state index in [0.29, 0.717) is 24.5 Å². The maximum absolute atomic E-state index is 12.4. The molecule has 0 bridgehead atoms. The van der Waals surface area contributed by atoms with E-state index in [1.54, 1.807) is 6.07 Å². The third-order valence-electron chi connectivity index (χ3n) is 4.85. The number of amides is 1. The van der Waals surface area contributed by atoms with E-state index in [9.17, 15) is 4.79 Å². The van der Waals surface area contributed by atoms with Gasteiger partial charge in [-0.3, -0.25) is 4.79 Å². The number of carbonyl (C=O) groups is 1. The number of hydrogen-bond donors (Lipinski definition) is 1. The normalized spacial score (nSPS) is 11.0. The molecule has 1 aromatic heterocycles. The molecule has 0 fully saturated rings. The summed E-state index contributed by atoms with van der Waals surface area (Å²) in [5.41, 5.74) is 3.02. The Balaban J connectivity index is 1.42. The van der Waals surface area contributed by atoms with Crippen LogP contribution in [0.15, 0.2) is 65.1 Å². The first-order chi connectivity index (χ1) is 13.1. The number of benzene rings is 3. The summed E-state index contributed by atoms with van der Waals surface area (Å²) in [6.07, 6.45) is 0. The number of hydrogen-bond acceptors (Lipinski definition) is 3. The van der Waals surface area contributed by atoms with Gasteiger partial charge in [0.2, 0.25) is 0 Å². The van der Waals surface area contributed by atoms with Crippen molar-refractivity contribution in [3.05, 3.63) is 77.6 Å². The van der Waals surface area contributed by atoms with Crippen molar-refractivity contribution in [2.45, 2.75) is 13.8 Å². The summed E-state index contributed by atoms with van der Waals surface area (Å²) in [7, 11) is 0. The third kappa shape index (κ3) is 3.38. The zero-order valence-electron chi connectivity index (χ0n) is 15.4.